The molecule has 0 unspecified atom stereocenters. The van der Waals surface area contributed by atoms with Gasteiger partial charge in [-0.1, -0.05) is 35.5 Å². The molecule has 0 heteroatoms. The second-order valence-electron chi connectivity index (χ2n) is 3.63. The van der Waals surface area contributed by atoms with Crippen LogP contribution in [-0.2, 0) is 0 Å². The first kappa shape index (κ1) is 21.0. The number of hydrogen-bond donors (Lipinski definition) is 0. The first-order valence-electron chi connectivity index (χ1n) is 6.07. The predicted octanol–water partition coefficient (Wildman–Crippen LogP) is 6.25. The van der Waals surface area contributed by atoms with Gasteiger partial charge in [0.25, 0.3) is 0 Å². The van der Waals surface area contributed by atoms with Crippen LogP contribution < -0.4 is 0 Å². The molecule has 0 saturated carbocycles. The normalized spacial score (nSPS) is 10.4. The fourth-order valence-electron chi connectivity index (χ4n) is 1.00. The Morgan fingerprint density at radius 1 is 1.00 bits per heavy atom. The molecule has 0 aromatic carbocycles. The molecule has 0 aliphatic heterocycles. The Kier molecular flexibility index (Phi) is 24.9. The van der Waals surface area contributed by atoms with E-state index >= 15 is 0 Å². The van der Waals surface area contributed by atoms with E-state index in [0.717, 1.165) is 12.8 Å². The summed E-state index contributed by atoms with van der Waals surface area (Å²) in [5.41, 5.74) is 2.89. The molecule has 0 aromatic rings. The first-order valence-corrected chi connectivity index (χ1v) is 6.07. The monoisotopic (exact) mass is 234 g/mol. The average molecular weight is 234 g/mol. The van der Waals surface area contributed by atoms with Crippen molar-refractivity contribution >= 4 is 0 Å². The van der Waals surface area contributed by atoms with Gasteiger partial charge in [-0.3, -0.25) is 0 Å². The summed E-state index contributed by atoms with van der Waals surface area (Å²) in [5, 5.41) is 0. The molecular formula is C17H30. The number of rotatable bonds is 5. The summed E-state index contributed by atoms with van der Waals surface area (Å²) in [6.07, 6.45) is 11.6. The molecule has 0 amide bonds. The van der Waals surface area contributed by atoms with E-state index in [1.54, 1.807) is 6.08 Å². The van der Waals surface area contributed by atoms with E-state index in [4.69, 9.17) is 0 Å². The van der Waals surface area contributed by atoms with Crippen LogP contribution in [0.2, 0.25) is 0 Å². The van der Waals surface area contributed by atoms with Crippen molar-refractivity contribution in [2.75, 3.05) is 0 Å². The third-order valence-electron chi connectivity index (χ3n) is 1.99. The van der Waals surface area contributed by atoms with Crippen LogP contribution in [0, 0.1) is 0 Å². The molecule has 0 fully saturated rings. The molecule has 0 heterocycles. The quantitative estimate of drug-likeness (QED) is 0.493. The van der Waals surface area contributed by atoms with Gasteiger partial charge in [0.2, 0.25) is 0 Å². The maximum absolute atomic E-state index is 3.71. The lowest BCUT2D eigenvalue weighted by molar-refractivity contribution is 0.957. The lowest BCUT2D eigenvalue weighted by Crippen LogP contribution is -1.77. The minimum absolute atomic E-state index is 1.02. The Balaban J connectivity index is -0.000000337. The first-order chi connectivity index (χ1) is 8.12. The van der Waals surface area contributed by atoms with E-state index < -0.39 is 0 Å². The van der Waals surface area contributed by atoms with Crippen LogP contribution in [0.15, 0.2) is 61.8 Å². The van der Waals surface area contributed by atoms with Crippen molar-refractivity contribution in [3.8, 4) is 0 Å². The van der Waals surface area contributed by atoms with Gasteiger partial charge in [0, 0.05) is 0 Å². The van der Waals surface area contributed by atoms with E-state index in [9.17, 15) is 0 Å². The average Bonchev–Trinajstić information content (AvgIpc) is 2.33. The summed E-state index contributed by atoms with van der Waals surface area (Å²) in [7, 11) is 0. The van der Waals surface area contributed by atoms with Gasteiger partial charge in [-0.25, -0.2) is 0 Å². The zero-order chi connectivity index (χ0) is 14.1. The van der Waals surface area contributed by atoms with Crippen molar-refractivity contribution in [3.05, 3.63) is 61.8 Å². The molecule has 0 aliphatic carbocycles. The van der Waals surface area contributed by atoms with Gasteiger partial charge in [-0.05, 0) is 47.0 Å². The minimum atomic E-state index is 1.02. The van der Waals surface area contributed by atoms with Crippen LogP contribution in [0.25, 0.3) is 0 Å². The lowest BCUT2D eigenvalue weighted by atomic mass is 10.1. The maximum Gasteiger partial charge on any atom is -0.0144 e. The third-order valence-corrected chi connectivity index (χ3v) is 1.99. The van der Waals surface area contributed by atoms with Gasteiger partial charge >= 0.3 is 0 Å². The van der Waals surface area contributed by atoms with Gasteiger partial charge in [-0.2, -0.15) is 0 Å². The van der Waals surface area contributed by atoms with E-state index in [-0.39, 0.29) is 0 Å². The van der Waals surface area contributed by atoms with E-state index in [1.807, 2.05) is 13.0 Å². The largest absolute Gasteiger partial charge is 0.106 e. The molecule has 0 atom stereocenters. The summed E-state index contributed by atoms with van der Waals surface area (Å²) < 4.78 is 0. The minimum Gasteiger partial charge on any atom is -0.106 e. The molecule has 0 N–H and O–H groups in total. The van der Waals surface area contributed by atoms with Crippen molar-refractivity contribution in [2.24, 2.45) is 0 Å². The summed E-state index contributed by atoms with van der Waals surface area (Å²) in [6.45, 7) is 21.4. The Morgan fingerprint density at radius 2 is 1.47 bits per heavy atom. The van der Waals surface area contributed by atoms with Gasteiger partial charge in [0.1, 0.15) is 0 Å². The van der Waals surface area contributed by atoms with Crippen molar-refractivity contribution < 1.29 is 0 Å². The van der Waals surface area contributed by atoms with Gasteiger partial charge < -0.3 is 0 Å². The maximum atomic E-state index is 3.71. The Hall–Kier alpha value is -1.30. The second-order valence-corrected chi connectivity index (χ2v) is 3.63. The van der Waals surface area contributed by atoms with Crippen LogP contribution in [0.3, 0.4) is 0 Å². The fraction of sp³-hybridized carbons (Fsp3) is 0.412. The molecule has 0 rings (SSSR count). The Labute approximate surface area is 109 Å². The lowest BCUT2D eigenvalue weighted by Gasteiger charge is -1.97. The van der Waals surface area contributed by atoms with E-state index in [1.165, 1.54) is 17.6 Å². The molecule has 0 nitrogen and oxygen atoms in total. The standard InChI is InChI=1S/C12H20.C3H6.C2H4/c1-5-8-12(4)10-7-9-11(3)6-2;1-3-2;1-2/h5-6,10H,1,7-9H2,2-4H3;3H,1H2,2H3;1-2H2. The Bertz CT molecular complexity index is 228. The molecule has 0 spiro atoms. The van der Waals surface area contributed by atoms with Crippen molar-refractivity contribution in [2.45, 2.75) is 47.0 Å². The van der Waals surface area contributed by atoms with Gasteiger partial charge in [0.15, 0.2) is 0 Å². The molecule has 0 saturated heterocycles. The fourth-order valence-corrected chi connectivity index (χ4v) is 1.00. The van der Waals surface area contributed by atoms with Crippen molar-refractivity contribution in [1.82, 2.24) is 0 Å². The molecule has 0 aliphatic rings. The number of hydrogen-bond acceptors (Lipinski definition) is 0. The Morgan fingerprint density at radius 3 is 1.82 bits per heavy atom. The summed E-state index contributed by atoms with van der Waals surface area (Å²) in [6, 6.07) is 0. The zero-order valence-electron chi connectivity index (χ0n) is 12.3. The van der Waals surface area contributed by atoms with Crippen LogP contribution in [0.1, 0.15) is 47.0 Å². The van der Waals surface area contributed by atoms with Crippen LogP contribution in [0.5, 0.6) is 0 Å². The highest BCUT2D eigenvalue weighted by Gasteiger charge is 1.87. The summed E-state index contributed by atoms with van der Waals surface area (Å²) >= 11 is 0. The van der Waals surface area contributed by atoms with Crippen molar-refractivity contribution in [1.29, 1.82) is 0 Å². The SMILES string of the molecule is C=C.C=CC.C=CCC(C)=CCCC(C)=CC. The third kappa shape index (κ3) is 25.2. The van der Waals surface area contributed by atoms with Crippen molar-refractivity contribution in [3.63, 3.8) is 0 Å². The van der Waals surface area contributed by atoms with Crippen LogP contribution in [-0.4, -0.2) is 0 Å². The summed E-state index contributed by atoms with van der Waals surface area (Å²) in [5.74, 6) is 0. The van der Waals surface area contributed by atoms with Gasteiger partial charge in [-0.15, -0.1) is 26.3 Å². The summed E-state index contributed by atoms with van der Waals surface area (Å²) in [4.78, 5) is 0. The second kappa shape index (κ2) is 20.2. The molecule has 17 heavy (non-hydrogen) atoms. The van der Waals surface area contributed by atoms with Crippen LogP contribution >= 0.6 is 0 Å². The molecule has 0 radical (unpaired) electrons. The smallest absolute Gasteiger partial charge is 0.0144 e. The molecule has 0 bridgehead atoms. The zero-order valence-corrected chi connectivity index (χ0v) is 12.3. The van der Waals surface area contributed by atoms with E-state index in [0.29, 0.717) is 0 Å². The molecule has 0 aromatic heterocycles. The van der Waals surface area contributed by atoms with E-state index in [2.05, 4.69) is 59.2 Å². The highest BCUT2D eigenvalue weighted by atomic mass is 13.9. The topological polar surface area (TPSA) is 0 Å². The highest BCUT2D eigenvalue weighted by Crippen LogP contribution is 2.08. The van der Waals surface area contributed by atoms with Crippen LogP contribution in [0.4, 0.5) is 0 Å². The molecular weight excluding hydrogens is 204 g/mol. The molecule has 98 valence electrons. The predicted molar refractivity (Wildman–Crippen MR) is 84.4 cm³/mol. The van der Waals surface area contributed by atoms with Gasteiger partial charge in [0.05, 0.1) is 0 Å². The number of allylic oxidation sites excluding steroid dienone is 6. The highest BCUT2D eigenvalue weighted by molar-refractivity contribution is 5.05.